The van der Waals surface area contributed by atoms with Crippen LogP contribution in [0.15, 0.2) is 85.0 Å². The molecule has 0 saturated carbocycles. The second kappa shape index (κ2) is 14.9. The molecule has 0 aliphatic rings. The Morgan fingerprint density at radius 3 is 2.42 bits per heavy atom. The molecule has 26 heavy (non-hydrogen) atoms. The second-order valence-corrected chi connectivity index (χ2v) is 4.54. The topological polar surface area (TPSA) is 87.4 Å². The zero-order chi connectivity index (χ0) is 19.6. The summed E-state index contributed by atoms with van der Waals surface area (Å²) >= 11 is 0. The molecule has 1 aromatic rings. The number of carbonyl (C=O) groups excluding carboxylic acids is 1. The lowest BCUT2D eigenvalue weighted by molar-refractivity contribution is -0.138. The average molecular weight is 351 g/mol. The highest BCUT2D eigenvalue weighted by Crippen LogP contribution is 2.09. The van der Waals surface area contributed by atoms with E-state index in [1.54, 1.807) is 19.1 Å². The van der Waals surface area contributed by atoms with Gasteiger partial charge in [-0.05, 0) is 30.2 Å². The lowest BCUT2D eigenvalue weighted by Crippen LogP contribution is -2.00. The van der Waals surface area contributed by atoms with Crippen molar-refractivity contribution in [2.45, 2.75) is 6.92 Å². The molecule has 0 spiro atoms. The summed E-state index contributed by atoms with van der Waals surface area (Å²) in [5.41, 5.74) is 2.07. The third kappa shape index (κ3) is 12.9. The Morgan fingerprint density at radius 2 is 1.88 bits per heavy atom. The average Bonchev–Trinajstić information content (AvgIpc) is 2.64. The number of nitrogens with zero attached hydrogens (tertiary/aromatic N) is 1. The number of rotatable bonds is 7. The predicted molar refractivity (Wildman–Crippen MR) is 102 cm³/mol. The summed E-state index contributed by atoms with van der Waals surface area (Å²) in [6.45, 7) is 5.51. The first-order valence-corrected chi connectivity index (χ1v) is 7.73. The summed E-state index contributed by atoms with van der Waals surface area (Å²) < 4.78 is 4.40. The molecule has 1 aromatic carbocycles. The maximum Gasteiger partial charge on any atom is 0.330 e. The second-order valence-electron chi connectivity index (χ2n) is 4.54. The van der Waals surface area contributed by atoms with E-state index >= 15 is 0 Å². The molecule has 0 aliphatic carbocycles. The fourth-order valence-corrected chi connectivity index (χ4v) is 1.54. The van der Waals surface area contributed by atoms with Crippen molar-refractivity contribution >= 4 is 18.0 Å². The van der Waals surface area contributed by atoms with E-state index in [9.17, 15) is 9.59 Å². The molecule has 0 heterocycles. The van der Waals surface area contributed by atoms with Crippen LogP contribution in [0.1, 0.15) is 12.5 Å². The van der Waals surface area contributed by atoms with Gasteiger partial charge in [0.2, 0.25) is 0 Å². The van der Waals surface area contributed by atoms with Crippen molar-refractivity contribution in [3.63, 3.8) is 0 Å². The summed E-state index contributed by atoms with van der Waals surface area (Å²) in [5, 5.41) is 16.5. The quantitative estimate of drug-likeness (QED) is 0.346. The summed E-state index contributed by atoms with van der Waals surface area (Å²) in [4.78, 5) is 20.2. The molecule has 5 heteroatoms. The fourth-order valence-electron chi connectivity index (χ4n) is 1.54. The van der Waals surface area contributed by atoms with E-state index in [-0.39, 0.29) is 6.61 Å². The Bertz CT molecular complexity index is 735. The summed E-state index contributed by atoms with van der Waals surface area (Å²) in [5.74, 6) is -1.79. The van der Waals surface area contributed by atoms with Crippen LogP contribution in [0.25, 0.3) is 6.08 Å². The maximum absolute atomic E-state index is 10.4. The third-order valence-electron chi connectivity index (χ3n) is 2.56. The molecule has 0 aromatic heterocycles. The normalized spacial score (nSPS) is 11.0. The monoisotopic (exact) mass is 351 g/mol. The Labute approximate surface area is 153 Å². The van der Waals surface area contributed by atoms with Crippen molar-refractivity contribution < 1.29 is 19.4 Å². The zero-order valence-corrected chi connectivity index (χ0v) is 14.5. The molecule has 0 atom stereocenters. The zero-order valence-electron chi connectivity index (χ0n) is 14.5. The van der Waals surface area contributed by atoms with Crippen molar-refractivity contribution in [2.24, 2.45) is 0 Å². The number of benzene rings is 1. The highest BCUT2D eigenvalue weighted by atomic mass is 16.5. The smallest absolute Gasteiger partial charge is 0.330 e. The molecule has 1 N–H and O–H groups in total. The molecular formula is C21H21NO4. The number of aliphatic carboxylic acids is 1. The lowest BCUT2D eigenvalue weighted by atomic mass is 10.1. The highest BCUT2D eigenvalue weighted by molar-refractivity contribution is 5.90. The van der Waals surface area contributed by atoms with Crippen molar-refractivity contribution in [3.05, 3.63) is 90.6 Å². The molecule has 0 bridgehead atoms. The minimum absolute atomic E-state index is 0.253. The van der Waals surface area contributed by atoms with Crippen LogP contribution in [0.5, 0.6) is 0 Å². The largest absolute Gasteiger partial charge is 0.478 e. The van der Waals surface area contributed by atoms with Crippen LogP contribution in [-0.4, -0.2) is 23.7 Å². The van der Waals surface area contributed by atoms with Gasteiger partial charge in [-0.25, -0.2) is 9.59 Å². The lowest BCUT2D eigenvalue weighted by Gasteiger charge is -1.95. The number of allylic oxidation sites excluding steroid dienone is 6. The van der Waals surface area contributed by atoms with Gasteiger partial charge in [0, 0.05) is 18.2 Å². The predicted octanol–water partition coefficient (Wildman–Crippen LogP) is 4.08. The number of carboxylic acid groups (broad SMARTS) is 1. The molecule has 0 fully saturated rings. The first-order valence-electron chi connectivity index (χ1n) is 7.73. The van der Waals surface area contributed by atoms with Crippen LogP contribution in [0.4, 0.5) is 0 Å². The summed E-state index contributed by atoms with van der Waals surface area (Å²) in [6, 6.07) is 11.9. The first kappa shape index (κ1) is 22.4. The summed E-state index contributed by atoms with van der Waals surface area (Å²) in [7, 11) is 0. The van der Waals surface area contributed by atoms with Gasteiger partial charge < -0.3 is 9.84 Å². The Kier molecular flexibility index (Phi) is 12.8. The molecule has 134 valence electrons. The first-order chi connectivity index (χ1) is 12.5. The van der Waals surface area contributed by atoms with E-state index in [1.807, 2.05) is 54.6 Å². The van der Waals surface area contributed by atoms with Crippen LogP contribution < -0.4 is 0 Å². The van der Waals surface area contributed by atoms with Gasteiger partial charge in [0.1, 0.15) is 0 Å². The highest BCUT2D eigenvalue weighted by Gasteiger charge is 1.94. The molecule has 5 nitrogen and oxygen atoms in total. The SMILES string of the molecule is C=CC=CC(C=CC#N)=Cc1ccccc1.CCOC(=O)C=CC(=O)O. The molecule has 0 radical (unpaired) electrons. The Balaban J connectivity index is 0.000000541. The third-order valence-corrected chi connectivity index (χ3v) is 2.56. The van der Waals surface area contributed by atoms with Crippen LogP contribution >= 0.6 is 0 Å². The molecule has 0 saturated heterocycles. The number of hydrogen-bond donors (Lipinski definition) is 1. The number of carbonyl (C=O) groups is 2. The number of nitriles is 1. The molecule has 0 unspecified atom stereocenters. The van der Waals surface area contributed by atoms with Crippen LogP contribution in [-0.2, 0) is 14.3 Å². The van der Waals surface area contributed by atoms with Crippen LogP contribution in [0.3, 0.4) is 0 Å². The van der Waals surface area contributed by atoms with E-state index in [4.69, 9.17) is 10.4 Å². The van der Waals surface area contributed by atoms with Crippen molar-refractivity contribution in [3.8, 4) is 6.07 Å². The Hall–Kier alpha value is -3.65. The van der Waals surface area contributed by atoms with Gasteiger partial charge in [-0.3, -0.25) is 0 Å². The van der Waals surface area contributed by atoms with Gasteiger partial charge in [0.25, 0.3) is 0 Å². The van der Waals surface area contributed by atoms with Crippen molar-refractivity contribution in [1.82, 2.24) is 0 Å². The maximum atomic E-state index is 10.4. The van der Waals surface area contributed by atoms with E-state index in [0.717, 1.165) is 23.3 Å². The van der Waals surface area contributed by atoms with Crippen molar-refractivity contribution in [2.75, 3.05) is 6.61 Å². The molecule has 0 amide bonds. The fraction of sp³-hybridized carbons (Fsp3) is 0.0952. The minimum atomic E-state index is -1.16. The number of carboxylic acids is 1. The summed E-state index contributed by atoms with van der Waals surface area (Å²) in [6.07, 6.45) is 12.3. The van der Waals surface area contributed by atoms with E-state index < -0.39 is 11.9 Å². The van der Waals surface area contributed by atoms with Gasteiger partial charge in [0.15, 0.2) is 0 Å². The van der Waals surface area contributed by atoms with E-state index in [1.165, 1.54) is 6.08 Å². The molecule has 0 aliphatic heterocycles. The molecular weight excluding hydrogens is 330 g/mol. The number of esters is 1. The van der Waals surface area contributed by atoms with E-state index in [0.29, 0.717) is 0 Å². The number of ether oxygens (including phenoxy) is 1. The number of hydrogen-bond acceptors (Lipinski definition) is 4. The van der Waals surface area contributed by atoms with Gasteiger partial charge in [-0.2, -0.15) is 5.26 Å². The van der Waals surface area contributed by atoms with Gasteiger partial charge in [-0.15, -0.1) is 0 Å². The minimum Gasteiger partial charge on any atom is -0.478 e. The standard InChI is InChI=1S/C15H13N.C6H8O4/c1-2-3-8-14(11-7-12-16)13-15-9-5-4-6-10-15;1-2-10-6(9)4-3-5(7)8/h2-11,13H,1H2;3-4H,2H2,1H3,(H,7,8). The van der Waals surface area contributed by atoms with Gasteiger partial charge in [-0.1, -0.05) is 55.1 Å². The van der Waals surface area contributed by atoms with Crippen molar-refractivity contribution in [1.29, 1.82) is 5.26 Å². The van der Waals surface area contributed by atoms with Crippen LogP contribution in [0.2, 0.25) is 0 Å². The Morgan fingerprint density at radius 1 is 1.19 bits per heavy atom. The van der Waals surface area contributed by atoms with Gasteiger partial charge >= 0.3 is 11.9 Å². The van der Waals surface area contributed by atoms with E-state index in [2.05, 4.69) is 11.3 Å². The molecule has 1 rings (SSSR count). The van der Waals surface area contributed by atoms with Gasteiger partial charge in [0.05, 0.1) is 12.7 Å². The van der Waals surface area contributed by atoms with Crippen LogP contribution in [0, 0.1) is 11.3 Å².